The number of aryl methyl sites for hydroxylation is 1. The van der Waals surface area contributed by atoms with E-state index in [9.17, 15) is 5.11 Å². The van der Waals surface area contributed by atoms with Crippen LogP contribution in [-0.4, -0.2) is 34.0 Å². The Morgan fingerprint density at radius 3 is 3.24 bits per heavy atom. The second kappa shape index (κ2) is 6.17. The fourth-order valence-electron chi connectivity index (χ4n) is 2.42. The Labute approximate surface area is 103 Å². The van der Waals surface area contributed by atoms with Crippen molar-refractivity contribution in [1.29, 1.82) is 0 Å². The van der Waals surface area contributed by atoms with Crippen LogP contribution in [0.15, 0.2) is 12.4 Å². The molecule has 0 bridgehead atoms. The van der Waals surface area contributed by atoms with E-state index in [1.807, 2.05) is 12.4 Å². The van der Waals surface area contributed by atoms with Crippen molar-refractivity contribution in [3.8, 4) is 0 Å². The van der Waals surface area contributed by atoms with Crippen molar-refractivity contribution < 1.29 is 9.84 Å². The molecule has 2 heterocycles. The minimum absolute atomic E-state index is 0.292. The van der Waals surface area contributed by atoms with E-state index >= 15 is 0 Å². The van der Waals surface area contributed by atoms with Gasteiger partial charge < -0.3 is 14.4 Å². The monoisotopic (exact) mass is 238 g/mol. The zero-order valence-electron chi connectivity index (χ0n) is 10.5. The van der Waals surface area contributed by atoms with Gasteiger partial charge in [0.05, 0.1) is 6.10 Å². The summed E-state index contributed by atoms with van der Waals surface area (Å²) >= 11 is 0. The van der Waals surface area contributed by atoms with Crippen LogP contribution in [0.4, 0.5) is 0 Å². The van der Waals surface area contributed by atoms with Gasteiger partial charge >= 0.3 is 0 Å². The molecular weight excluding hydrogens is 216 g/mol. The first-order chi connectivity index (χ1) is 8.29. The highest BCUT2D eigenvalue weighted by Gasteiger charge is 2.20. The number of aliphatic hydroxyl groups excluding tert-OH is 1. The number of ether oxygens (including phenoxy) is 1. The van der Waals surface area contributed by atoms with Crippen molar-refractivity contribution in [3.05, 3.63) is 18.2 Å². The maximum atomic E-state index is 10.1. The summed E-state index contributed by atoms with van der Waals surface area (Å²) in [6, 6.07) is 0. The van der Waals surface area contributed by atoms with Crippen molar-refractivity contribution in [2.24, 2.45) is 5.92 Å². The zero-order chi connectivity index (χ0) is 12.1. The Bertz CT molecular complexity index is 332. The second-order valence-corrected chi connectivity index (χ2v) is 4.86. The maximum Gasteiger partial charge on any atom is 0.111 e. The summed E-state index contributed by atoms with van der Waals surface area (Å²) in [7, 11) is 0. The third kappa shape index (κ3) is 3.54. The summed E-state index contributed by atoms with van der Waals surface area (Å²) in [5.74, 6) is 1.53. The van der Waals surface area contributed by atoms with Crippen LogP contribution >= 0.6 is 0 Å². The topological polar surface area (TPSA) is 47.3 Å². The molecule has 1 saturated heterocycles. The molecular formula is C13H22N2O2. The molecule has 0 amide bonds. The van der Waals surface area contributed by atoms with E-state index in [-0.39, 0.29) is 6.10 Å². The molecule has 1 aromatic heterocycles. The van der Waals surface area contributed by atoms with Gasteiger partial charge in [0, 0.05) is 38.6 Å². The summed E-state index contributed by atoms with van der Waals surface area (Å²) in [5, 5.41) is 10.1. The standard InChI is InChI=1S/C13H22N2O2/c1-2-5-15-6-4-14-13(15)9-12(16)8-11-3-7-17-10-11/h4,6,11-12,16H,2-3,5,7-10H2,1H3. The number of aromatic nitrogens is 2. The van der Waals surface area contributed by atoms with Gasteiger partial charge in [0.15, 0.2) is 0 Å². The summed E-state index contributed by atoms with van der Waals surface area (Å²) < 4.78 is 7.46. The van der Waals surface area contributed by atoms with Crippen LogP contribution in [0.5, 0.6) is 0 Å². The van der Waals surface area contributed by atoms with Gasteiger partial charge in [0.1, 0.15) is 5.82 Å². The second-order valence-electron chi connectivity index (χ2n) is 4.86. The predicted octanol–water partition coefficient (Wildman–Crippen LogP) is 1.62. The Hall–Kier alpha value is -0.870. The van der Waals surface area contributed by atoms with Crippen LogP contribution in [-0.2, 0) is 17.7 Å². The van der Waals surface area contributed by atoms with Crippen molar-refractivity contribution >= 4 is 0 Å². The molecule has 0 saturated carbocycles. The SMILES string of the molecule is CCCn1ccnc1CC(O)CC1CCOC1. The van der Waals surface area contributed by atoms with E-state index in [0.29, 0.717) is 12.3 Å². The van der Waals surface area contributed by atoms with Gasteiger partial charge in [0.25, 0.3) is 0 Å². The largest absolute Gasteiger partial charge is 0.393 e. The summed E-state index contributed by atoms with van der Waals surface area (Å²) in [5.41, 5.74) is 0. The Morgan fingerprint density at radius 1 is 1.65 bits per heavy atom. The quantitative estimate of drug-likeness (QED) is 0.819. The van der Waals surface area contributed by atoms with Gasteiger partial charge in [-0.1, -0.05) is 6.92 Å². The maximum absolute atomic E-state index is 10.1. The third-order valence-electron chi connectivity index (χ3n) is 3.31. The fourth-order valence-corrected chi connectivity index (χ4v) is 2.42. The molecule has 4 heteroatoms. The molecule has 1 aromatic rings. The first-order valence-electron chi connectivity index (χ1n) is 6.55. The minimum atomic E-state index is -0.292. The molecule has 1 aliphatic rings. The van der Waals surface area contributed by atoms with Crippen molar-refractivity contribution in [2.75, 3.05) is 13.2 Å². The Balaban J connectivity index is 1.83. The van der Waals surface area contributed by atoms with Gasteiger partial charge in [-0.2, -0.15) is 0 Å². The Morgan fingerprint density at radius 2 is 2.53 bits per heavy atom. The lowest BCUT2D eigenvalue weighted by atomic mass is 9.99. The van der Waals surface area contributed by atoms with Gasteiger partial charge in [-0.25, -0.2) is 4.98 Å². The lowest BCUT2D eigenvalue weighted by Crippen LogP contribution is -2.19. The molecule has 0 radical (unpaired) electrons. The van der Waals surface area contributed by atoms with Crippen molar-refractivity contribution in [1.82, 2.24) is 9.55 Å². The summed E-state index contributed by atoms with van der Waals surface area (Å²) in [6.45, 7) is 4.78. The number of hydrogen-bond acceptors (Lipinski definition) is 3. The van der Waals surface area contributed by atoms with Gasteiger partial charge in [-0.15, -0.1) is 0 Å². The molecule has 0 aliphatic carbocycles. The van der Waals surface area contributed by atoms with Crippen LogP contribution in [0.25, 0.3) is 0 Å². The highest BCUT2D eigenvalue weighted by molar-refractivity contribution is 4.94. The molecule has 1 aliphatic heterocycles. The molecule has 0 aromatic carbocycles. The van der Waals surface area contributed by atoms with Crippen molar-refractivity contribution in [2.45, 2.75) is 45.3 Å². The average Bonchev–Trinajstić information content (AvgIpc) is 2.92. The molecule has 17 heavy (non-hydrogen) atoms. The lowest BCUT2D eigenvalue weighted by Gasteiger charge is -2.15. The third-order valence-corrected chi connectivity index (χ3v) is 3.31. The van der Waals surface area contributed by atoms with E-state index in [0.717, 1.165) is 44.8 Å². The summed E-state index contributed by atoms with van der Waals surface area (Å²) in [4.78, 5) is 4.32. The van der Waals surface area contributed by atoms with E-state index in [2.05, 4.69) is 16.5 Å². The molecule has 2 rings (SSSR count). The highest BCUT2D eigenvalue weighted by Crippen LogP contribution is 2.19. The molecule has 4 nitrogen and oxygen atoms in total. The fraction of sp³-hybridized carbons (Fsp3) is 0.769. The van der Waals surface area contributed by atoms with Crippen LogP contribution in [0.1, 0.15) is 32.0 Å². The zero-order valence-corrected chi connectivity index (χ0v) is 10.5. The highest BCUT2D eigenvalue weighted by atomic mass is 16.5. The van der Waals surface area contributed by atoms with E-state index < -0.39 is 0 Å². The first-order valence-corrected chi connectivity index (χ1v) is 6.55. The number of aliphatic hydroxyl groups is 1. The van der Waals surface area contributed by atoms with Crippen LogP contribution in [0.2, 0.25) is 0 Å². The van der Waals surface area contributed by atoms with Crippen LogP contribution in [0.3, 0.4) is 0 Å². The Kier molecular flexibility index (Phi) is 4.57. The van der Waals surface area contributed by atoms with Crippen LogP contribution in [0, 0.1) is 5.92 Å². The molecule has 1 fully saturated rings. The van der Waals surface area contributed by atoms with E-state index in [4.69, 9.17) is 4.74 Å². The van der Waals surface area contributed by atoms with E-state index in [1.165, 1.54) is 0 Å². The lowest BCUT2D eigenvalue weighted by molar-refractivity contribution is 0.126. The molecule has 0 spiro atoms. The number of rotatable bonds is 6. The predicted molar refractivity (Wildman–Crippen MR) is 65.8 cm³/mol. The molecule has 1 N–H and O–H groups in total. The van der Waals surface area contributed by atoms with Crippen molar-refractivity contribution in [3.63, 3.8) is 0 Å². The molecule has 96 valence electrons. The molecule has 2 atom stereocenters. The number of hydrogen-bond donors (Lipinski definition) is 1. The van der Waals surface area contributed by atoms with Gasteiger partial charge in [0.2, 0.25) is 0 Å². The smallest absolute Gasteiger partial charge is 0.111 e. The first kappa shape index (κ1) is 12.6. The minimum Gasteiger partial charge on any atom is -0.393 e. The number of nitrogens with zero attached hydrogens (tertiary/aromatic N) is 2. The average molecular weight is 238 g/mol. The van der Waals surface area contributed by atoms with Gasteiger partial charge in [-0.3, -0.25) is 0 Å². The van der Waals surface area contributed by atoms with Crippen LogP contribution < -0.4 is 0 Å². The number of imidazole rings is 1. The molecule has 2 unspecified atom stereocenters. The van der Waals surface area contributed by atoms with E-state index in [1.54, 1.807) is 0 Å². The normalized spacial score (nSPS) is 21.9. The van der Waals surface area contributed by atoms with Gasteiger partial charge in [-0.05, 0) is 25.2 Å². The summed E-state index contributed by atoms with van der Waals surface area (Å²) in [6.07, 6.45) is 7.18.